The number of aliphatic carboxylic acids is 1. The summed E-state index contributed by atoms with van der Waals surface area (Å²) in [6.45, 7) is 10.8. The van der Waals surface area contributed by atoms with Crippen LogP contribution in [0.2, 0.25) is 10.0 Å². The SMILES string of the molecule is C=C(NC(=O)Nc1ccc(CC(NC=O)C(=O)OC(C)C)cc1)/C(=C\C(=C/C)CN(C)C=O)C(=O)O.Cc1c(Cl)cccc1Cl. The quantitative estimate of drug-likeness (QED) is 0.0930. The highest BCUT2D eigenvalue weighted by molar-refractivity contribution is 6.35. The average molecular weight is 662 g/mol. The maximum Gasteiger partial charge on any atom is 0.337 e. The summed E-state index contributed by atoms with van der Waals surface area (Å²) in [7, 11) is 1.55. The van der Waals surface area contributed by atoms with Crippen molar-refractivity contribution in [2.24, 2.45) is 0 Å². The minimum absolute atomic E-state index is 0.142. The Hall–Kier alpha value is -4.61. The van der Waals surface area contributed by atoms with Gasteiger partial charge in [-0.05, 0) is 74.7 Å². The lowest BCUT2D eigenvalue weighted by Crippen LogP contribution is -2.40. The standard InChI is InChI=1S/C25H32N4O7.C7H6Cl2/c1-6-18(13-29(5)15-31)11-21(23(32)33)17(4)27-25(35)28-20-9-7-19(8-10-20)12-22(26-14-30)24(34)36-16(2)3;1-5-6(8)3-2-4-7(5)9/h6-11,14-16,22H,4,12-13H2,1-3,5H3,(H,26,30)(H,32,33)(H2,27,28,35);2-4H,1H3/b18-6+,21-11+;. The fraction of sp³-hybridized carbons (Fsp3) is 0.281. The number of carbonyl (C=O) groups excluding carboxylic acids is 4. The predicted molar refractivity (Wildman–Crippen MR) is 175 cm³/mol. The molecule has 13 heteroatoms. The lowest BCUT2D eigenvalue weighted by Gasteiger charge is -2.17. The third-order valence-corrected chi connectivity index (χ3v) is 6.71. The number of carboxylic acids is 1. The van der Waals surface area contributed by atoms with E-state index in [-0.39, 0.29) is 30.3 Å². The molecule has 45 heavy (non-hydrogen) atoms. The monoisotopic (exact) mass is 660 g/mol. The number of likely N-dealkylation sites (N-methyl/N-ethyl adjacent to an activating group) is 1. The highest BCUT2D eigenvalue weighted by Crippen LogP contribution is 2.22. The van der Waals surface area contributed by atoms with Crippen LogP contribution < -0.4 is 16.0 Å². The first-order valence-electron chi connectivity index (χ1n) is 13.6. The van der Waals surface area contributed by atoms with Crippen molar-refractivity contribution in [3.05, 3.63) is 99.2 Å². The van der Waals surface area contributed by atoms with Crippen LogP contribution in [0.25, 0.3) is 0 Å². The van der Waals surface area contributed by atoms with Crippen molar-refractivity contribution in [1.82, 2.24) is 15.5 Å². The molecule has 0 aromatic heterocycles. The van der Waals surface area contributed by atoms with Crippen LogP contribution in [-0.4, -0.2) is 66.5 Å². The molecule has 0 saturated carbocycles. The highest BCUT2D eigenvalue weighted by atomic mass is 35.5. The maximum atomic E-state index is 12.4. The van der Waals surface area contributed by atoms with Gasteiger partial charge in [0.15, 0.2) is 0 Å². The van der Waals surface area contributed by atoms with Crippen molar-refractivity contribution in [1.29, 1.82) is 0 Å². The Bertz CT molecular complexity index is 1400. The first-order valence-corrected chi connectivity index (χ1v) is 14.4. The lowest BCUT2D eigenvalue weighted by molar-refractivity contribution is -0.150. The molecule has 2 rings (SSSR count). The third-order valence-electron chi connectivity index (χ3n) is 5.89. The number of allylic oxidation sites excluding steroid dienone is 1. The van der Waals surface area contributed by atoms with Crippen LogP contribution in [0.4, 0.5) is 10.5 Å². The Morgan fingerprint density at radius 1 is 1.07 bits per heavy atom. The third kappa shape index (κ3) is 14.1. The van der Waals surface area contributed by atoms with Crippen LogP contribution in [0, 0.1) is 6.92 Å². The van der Waals surface area contributed by atoms with Crippen LogP contribution in [0.1, 0.15) is 31.9 Å². The minimum atomic E-state index is -1.30. The molecule has 0 bridgehead atoms. The molecule has 2 aromatic rings. The van der Waals surface area contributed by atoms with Gasteiger partial charge in [0.05, 0.1) is 11.7 Å². The van der Waals surface area contributed by atoms with Gasteiger partial charge in [-0.1, -0.05) is 54.1 Å². The summed E-state index contributed by atoms with van der Waals surface area (Å²) in [5.74, 6) is -1.86. The fourth-order valence-electron chi connectivity index (χ4n) is 3.52. The second-order valence-corrected chi connectivity index (χ2v) is 10.7. The molecule has 0 heterocycles. The summed E-state index contributed by atoms with van der Waals surface area (Å²) in [5.41, 5.74) is 2.21. The van der Waals surface area contributed by atoms with Gasteiger partial charge in [0, 0.05) is 41.4 Å². The number of halogens is 2. The van der Waals surface area contributed by atoms with Crippen LogP contribution in [0.5, 0.6) is 0 Å². The first-order chi connectivity index (χ1) is 21.2. The van der Waals surface area contributed by atoms with Crippen molar-refractivity contribution in [2.75, 3.05) is 18.9 Å². The molecule has 11 nitrogen and oxygen atoms in total. The molecular formula is C32H38Cl2N4O7. The Morgan fingerprint density at radius 2 is 1.67 bits per heavy atom. The number of hydrogen-bond acceptors (Lipinski definition) is 6. The minimum Gasteiger partial charge on any atom is -0.478 e. The Kier molecular flexibility index (Phi) is 16.8. The van der Waals surface area contributed by atoms with Gasteiger partial charge in [0.2, 0.25) is 12.8 Å². The Labute approximate surface area is 272 Å². The zero-order valence-corrected chi connectivity index (χ0v) is 27.2. The van der Waals surface area contributed by atoms with Crippen molar-refractivity contribution in [2.45, 2.75) is 46.3 Å². The van der Waals surface area contributed by atoms with E-state index >= 15 is 0 Å². The second kappa shape index (κ2) is 19.6. The highest BCUT2D eigenvalue weighted by Gasteiger charge is 2.21. The largest absolute Gasteiger partial charge is 0.478 e. The van der Waals surface area contributed by atoms with E-state index in [4.69, 9.17) is 27.9 Å². The molecule has 1 unspecified atom stereocenters. The molecular weight excluding hydrogens is 623 g/mol. The fourth-order valence-corrected chi connectivity index (χ4v) is 3.92. The molecule has 2 aromatic carbocycles. The van der Waals surface area contributed by atoms with Crippen LogP contribution in [-0.2, 0) is 30.3 Å². The van der Waals surface area contributed by atoms with Gasteiger partial charge in [-0.3, -0.25) is 9.59 Å². The van der Waals surface area contributed by atoms with Gasteiger partial charge < -0.3 is 30.7 Å². The molecule has 0 spiro atoms. The number of ether oxygens (including phenoxy) is 1. The molecule has 242 valence electrons. The van der Waals surface area contributed by atoms with E-state index in [1.54, 1.807) is 58.2 Å². The number of benzene rings is 2. The van der Waals surface area contributed by atoms with Crippen molar-refractivity contribution in [3.8, 4) is 0 Å². The van der Waals surface area contributed by atoms with E-state index in [2.05, 4.69) is 22.5 Å². The zero-order chi connectivity index (χ0) is 34.1. The van der Waals surface area contributed by atoms with Gasteiger partial charge in [0.25, 0.3) is 0 Å². The molecule has 0 aliphatic heterocycles. The van der Waals surface area contributed by atoms with Crippen molar-refractivity contribution >= 4 is 59.7 Å². The number of nitrogens with one attached hydrogen (secondary N) is 3. The number of hydrogen-bond donors (Lipinski definition) is 4. The van der Waals surface area contributed by atoms with E-state index in [9.17, 15) is 29.1 Å². The number of urea groups is 1. The molecule has 4 N–H and O–H groups in total. The van der Waals surface area contributed by atoms with Crippen LogP contribution in [0.15, 0.2) is 78.0 Å². The summed E-state index contributed by atoms with van der Waals surface area (Å²) in [6, 6.07) is 10.4. The van der Waals surface area contributed by atoms with Gasteiger partial charge in [-0.25, -0.2) is 14.4 Å². The number of amides is 4. The zero-order valence-electron chi connectivity index (χ0n) is 25.7. The second-order valence-electron chi connectivity index (χ2n) is 9.88. The number of carboxylic acid groups (broad SMARTS) is 1. The number of carbonyl (C=O) groups is 5. The van der Waals surface area contributed by atoms with Crippen LogP contribution in [0.3, 0.4) is 0 Å². The molecule has 1 atom stereocenters. The summed E-state index contributed by atoms with van der Waals surface area (Å²) in [5, 5.41) is 18.4. The lowest BCUT2D eigenvalue weighted by atomic mass is 10.1. The number of nitrogens with zero attached hydrogens (tertiary/aromatic N) is 1. The van der Waals surface area contributed by atoms with E-state index in [0.717, 1.165) is 15.6 Å². The van der Waals surface area contributed by atoms with Gasteiger partial charge >= 0.3 is 18.0 Å². The molecule has 0 aliphatic carbocycles. The normalized spacial score (nSPS) is 11.7. The molecule has 0 fully saturated rings. The summed E-state index contributed by atoms with van der Waals surface area (Å²) >= 11 is 11.5. The smallest absolute Gasteiger partial charge is 0.337 e. The van der Waals surface area contributed by atoms with Crippen LogP contribution >= 0.6 is 23.2 Å². The van der Waals surface area contributed by atoms with Crippen molar-refractivity contribution in [3.63, 3.8) is 0 Å². The van der Waals surface area contributed by atoms with Crippen molar-refractivity contribution < 1.29 is 33.8 Å². The van der Waals surface area contributed by atoms with Gasteiger partial charge in [-0.2, -0.15) is 0 Å². The Balaban J connectivity index is 0.000000956. The number of esters is 1. The molecule has 0 saturated heterocycles. The van der Waals surface area contributed by atoms with E-state index < -0.39 is 24.0 Å². The Morgan fingerprint density at radius 3 is 2.13 bits per heavy atom. The van der Waals surface area contributed by atoms with E-state index in [0.29, 0.717) is 29.6 Å². The average Bonchev–Trinajstić information content (AvgIpc) is 2.98. The molecule has 0 radical (unpaired) electrons. The molecule has 4 amide bonds. The first kappa shape index (κ1) is 38.4. The predicted octanol–water partition coefficient (Wildman–Crippen LogP) is 5.28. The van der Waals surface area contributed by atoms with E-state index in [1.807, 2.05) is 25.1 Å². The summed E-state index contributed by atoms with van der Waals surface area (Å²) < 4.78 is 5.14. The maximum absolute atomic E-state index is 12.4. The number of anilines is 1. The molecule has 0 aliphatic rings. The van der Waals surface area contributed by atoms with Gasteiger partial charge in [0.1, 0.15) is 6.04 Å². The summed E-state index contributed by atoms with van der Waals surface area (Å²) in [4.78, 5) is 59.2. The van der Waals surface area contributed by atoms with Gasteiger partial charge in [-0.15, -0.1) is 0 Å². The number of rotatable bonds is 14. The van der Waals surface area contributed by atoms with E-state index in [1.165, 1.54) is 11.0 Å². The topological polar surface area (TPSA) is 154 Å². The summed E-state index contributed by atoms with van der Waals surface area (Å²) in [6.07, 6.45) is 3.88.